The van der Waals surface area contributed by atoms with Gasteiger partial charge in [-0.15, -0.1) is 0 Å². The van der Waals surface area contributed by atoms with Gasteiger partial charge < -0.3 is 0 Å². The van der Waals surface area contributed by atoms with Gasteiger partial charge in [0.1, 0.15) is 0 Å². The predicted molar refractivity (Wildman–Crippen MR) is 117 cm³/mol. The topological polar surface area (TPSA) is 58.4 Å². The summed E-state index contributed by atoms with van der Waals surface area (Å²) in [5.74, 6) is 0. The molecule has 6 nitrogen and oxygen atoms in total. The summed E-state index contributed by atoms with van der Waals surface area (Å²) in [6.45, 7) is 17.4. The van der Waals surface area contributed by atoms with Gasteiger partial charge in [0.05, 0.1) is 10.6 Å². The maximum atomic E-state index is 13.5. The third-order valence-corrected chi connectivity index (χ3v) is 9.07. The molecule has 1 aliphatic heterocycles. The number of nitrogens with zero attached hydrogens (tertiary/aromatic N) is 4. The van der Waals surface area contributed by atoms with E-state index in [4.69, 9.17) is 0 Å². The molecule has 0 unspecified atom stereocenters. The number of benzene rings is 1. The van der Waals surface area contributed by atoms with Crippen molar-refractivity contribution in [3.8, 4) is 0 Å². The summed E-state index contributed by atoms with van der Waals surface area (Å²) in [5, 5.41) is 4.50. The van der Waals surface area contributed by atoms with E-state index >= 15 is 0 Å². The Morgan fingerprint density at radius 3 is 1.72 bits per heavy atom. The average Bonchev–Trinajstić information content (AvgIpc) is 2.91. The number of aromatic nitrogens is 2. The fourth-order valence-corrected chi connectivity index (χ4v) is 6.36. The molecule has 1 aromatic carbocycles. The fourth-order valence-electron chi connectivity index (χ4n) is 4.38. The second-order valence-corrected chi connectivity index (χ2v) is 10.3. The van der Waals surface area contributed by atoms with Crippen LogP contribution in [-0.2, 0) is 23.6 Å². The van der Waals surface area contributed by atoms with Crippen LogP contribution in [0.1, 0.15) is 44.8 Å². The van der Waals surface area contributed by atoms with Gasteiger partial charge in [-0.3, -0.25) is 9.58 Å². The summed E-state index contributed by atoms with van der Waals surface area (Å²) in [4.78, 5) is 2.83. The highest BCUT2D eigenvalue weighted by atomic mass is 32.2. The highest BCUT2D eigenvalue weighted by molar-refractivity contribution is 7.89. The van der Waals surface area contributed by atoms with E-state index in [-0.39, 0.29) is 0 Å². The Morgan fingerprint density at radius 2 is 1.28 bits per heavy atom. The van der Waals surface area contributed by atoms with Crippen LogP contribution in [0, 0.1) is 48.5 Å². The molecule has 0 atom stereocenters. The van der Waals surface area contributed by atoms with E-state index < -0.39 is 10.0 Å². The average molecular weight is 419 g/mol. The number of hydrogen-bond acceptors (Lipinski definition) is 4. The summed E-state index contributed by atoms with van der Waals surface area (Å²) in [5.41, 5.74) is 8.59. The summed E-state index contributed by atoms with van der Waals surface area (Å²) < 4.78 is 30.6. The van der Waals surface area contributed by atoms with Gasteiger partial charge in [0.2, 0.25) is 10.0 Å². The summed E-state index contributed by atoms with van der Waals surface area (Å²) in [6.07, 6.45) is 0. The van der Waals surface area contributed by atoms with Crippen LogP contribution in [0.5, 0.6) is 0 Å². The molecule has 0 aliphatic carbocycles. The molecule has 3 rings (SSSR count). The van der Waals surface area contributed by atoms with E-state index in [1.807, 2.05) is 46.3 Å². The van der Waals surface area contributed by atoms with Crippen LogP contribution < -0.4 is 0 Å². The molecule has 0 saturated carbocycles. The van der Waals surface area contributed by atoms with Gasteiger partial charge in [0.15, 0.2) is 0 Å². The number of piperazine rings is 1. The molecule has 0 spiro atoms. The standard InChI is InChI=1S/C22H34N4O2S/c1-14-15(2)17(4)22(18(5)16(14)3)29(27,28)26-11-9-25(10-12-26)13-21-19(6)23-24(8)20(21)7/h9-13H2,1-8H3. The Morgan fingerprint density at radius 1 is 0.793 bits per heavy atom. The summed E-state index contributed by atoms with van der Waals surface area (Å²) in [6, 6.07) is 0. The molecule has 0 radical (unpaired) electrons. The minimum atomic E-state index is -3.50. The minimum absolute atomic E-state index is 0.505. The molecule has 7 heteroatoms. The summed E-state index contributed by atoms with van der Waals surface area (Å²) in [7, 11) is -1.54. The monoisotopic (exact) mass is 418 g/mol. The van der Waals surface area contributed by atoms with Gasteiger partial charge in [0, 0.05) is 51.0 Å². The third-order valence-electron chi connectivity index (χ3n) is 6.90. The van der Waals surface area contributed by atoms with E-state index in [0.29, 0.717) is 18.0 Å². The van der Waals surface area contributed by atoms with Crippen molar-refractivity contribution in [3.05, 3.63) is 44.8 Å². The molecular weight excluding hydrogens is 384 g/mol. The molecule has 1 aromatic heterocycles. The first-order valence-electron chi connectivity index (χ1n) is 10.2. The second kappa shape index (κ2) is 7.85. The molecule has 1 fully saturated rings. The highest BCUT2D eigenvalue weighted by Crippen LogP contribution is 2.32. The Hall–Kier alpha value is -1.70. The lowest BCUT2D eigenvalue weighted by Crippen LogP contribution is -2.48. The maximum Gasteiger partial charge on any atom is 0.243 e. The Kier molecular flexibility index (Phi) is 5.96. The molecule has 1 aliphatic rings. The Labute approximate surface area is 175 Å². The lowest BCUT2D eigenvalue weighted by Gasteiger charge is -2.35. The molecule has 2 aromatic rings. The largest absolute Gasteiger partial charge is 0.296 e. The van der Waals surface area contributed by atoms with Crippen molar-refractivity contribution in [3.63, 3.8) is 0 Å². The van der Waals surface area contributed by atoms with Gasteiger partial charge in [-0.2, -0.15) is 9.40 Å². The molecule has 29 heavy (non-hydrogen) atoms. The predicted octanol–water partition coefficient (Wildman–Crippen LogP) is 3.09. The van der Waals surface area contributed by atoms with E-state index in [2.05, 4.69) is 23.8 Å². The van der Waals surface area contributed by atoms with Gasteiger partial charge in [0.25, 0.3) is 0 Å². The zero-order valence-corrected chi connectivity index (χ0v) is 19.9. The van der Waals surface area contributed by atoms with Crippen LogP contribution in [0.25, 0.3) is 0 Å². The van der Waals surface area contributed by atoms with Gasteiger partial charge >= 0.3 is 0 Å². The molecule has 160 valence electrons. The zero-order chi connectivity index (χ0) is 21.7. The zero-order valence-electron chi connectivity index (χ0n) is 19.0. The third kappa shape index (κ3) is 3.76. The van der Waals surface area contributed by atoms with Crippen molar-refractivity contribution in [2.45, 2.75) is 59.9 Å². The fraction of sp³-hybridized carbons (Fsp3) is 0.591. The van der Waals surface area contributed by atoms with Crippen LogP contribution in [0.15, 0.2) is 4.90 Å². The quantitative estimate of drug-likeness (QED) is 0.766. The van der Waals surface area contributed by atoms with Crippen LogP contribution in [0.2, 0.25) is 0 Å². The highest BCUT2D eigenvalue weighted by Gasteiger charge is 2.32. The molecule has 0 N–H and O–H groups in total. The van der Waals surface area contributed by atoms with E-state index in [9.17, 15) is 8.42 Å². The molecule has 0 amide bonds. The molecular formula is C22H34N4O2S. The van der Waals surface area contributed by atoms with Gasteiger partial charge in [-0.25, -0.2) is 8.42 Å². The first kappa shape index (κ1) is 22.0. The van der Waals surface area contributed by atoms with Crippen LogP contribution >= 0.6 is 0 Å². The van der Waals surface area contributed by atoms with Crippen LogP contribution in [-0.4, -0.2) is 53.6 Å². The normalized spacial score (nSPS) is 16.6. The number of rotatable bonds is 4. The van der Waals surface area contributed by atoms with Crippen molar-refractivity contribution >= 4 is 10.0 Å². The first-order chi connectivity index (χ1) is 13.5. The maximum absolute atomic E-state index is 13.5. The van der Waals surface area contributed by atoms with Crippen molar-refractivity contribution in [1.82, 2.24) is 19.0 Å². The van der Waals surface area contributed by atoms with Crippen molar-refractivity contribution in [2.24, 2.45) is 7.05 Å². The number of sulfonamides is 1. The summed E-state index contributed by atoms with van der Waals surface area (Å²) >= 11 is 0. The minimum Gasteiger partial charge on any atom is -0.296 e. The Balaban J connectivity index is 1.81. The molecule has 2 heterocycles. The second-order valence-electron chi connectivity index (χ2n) is 8.41. The smallest absolute Gasteiger partial charge is 0.243 e. The SMILES string of the molecule is Cc1nn(C)c(C)c1CN1CCN(S(=O)(=O)c2c(C)c(C)c(C)c(C)c2C)CC1. The van der Waals surface area contributed by atoms with Crippen molar-refractivity contribution in [1.29, 1.82) is 0 Å². The van der Waals surface area contributed by atoms with Gasteiger partial charge in [-0.05, 0) is 76.3 Å². The number of aryl methyl sites for hydroxylation is 2. The van der Waals surface area contributed by atoms with E-state index in [1.165, 1.54) is 16.8 Å². The van der Waals surface area contributed by atoms with Crippen molar-refractivity contribution in [2.75, 3.05) is 26.2 Å². The van der Waals surface area contributed by atoms with E-state index in [0.717, 1.165) is 47.6 Å². The van der Waals surface area contributed by atoms with E-state index in [1.54, 1.807) is 4.31 Å². The van der Waals surface area contributed by atoms with Gasteiger partial charge in [-0.1, -0.05) is 0 Å². The molecule has 1 saturated heterocycles. The van der Waals surface area contributed by atoms with Crippen molar-refractivity contribution < 1.29 is 8.42 Å². The lowest BCUT2D eigenvalue weighted by atomic mass is 9.95. The van der Waals surface area contributed by atoms with Crippen LogP contribution in [0.3, 0.4) is 0 Å². The van der Waals surface area contributed by atoms with Crippen LogP contribution in [0.4, 0.5) is 0 Å². The Bertz CT molecular complexity index is 1020. The molecule has 0 bridgehead atoms. The first-order valence-corrected chi connectivity index (χ1v) is 11.7. The number of hydrogen-bond donors (Lipinski definition) is 0. The lowest BCUT2D eigenvalue weighted by molar-refractivity contribution is 0.181.